The summed E-state index contributed by atoms with van der Waals surface area (Å²) < 4.78 is 8.83. The highest BCUT2D eigenvalue weighted by atomic mass is 32.1. The summed E-state index contributed by atoms with van der Waals surface area (Å²) in [5.41, 5.74) is 6.31. The van der Waals surface area contributed by atoms with Crippen LogP contribution in [0.1, 0.15) is 5.69 Å². The first-order chi connectivity index (χ1) is 4.33. The van der Waals surface area contributed by atoms with E-state index in [0.717, 1.165) is 10.7 Å². The Kier molecular flexibility index (Phi) is 2.02. The van der Waals surface area contributed by atoms with Crippen molar-refractivity contribution >= 4 is 16.5 Å². The van der Waals surface area contributed by atoms with Crippen molar-refractivity contribution in [1.82, 2.24) is 4.37 Å². The summed E-state index contributed by atoms with van der Waals surface area (Å²) in [5, 5.41) is 0.738. The number of aromatic nitrogens is 1. The van der Waals surface area contributed by atoms with Crippen LogP contribution in [0.5, 0.6) is 0 Å². The van der Waals surface area contributed by atoms with Crippen LogP contribution in [0.2, 0.25) is 0 Å². The molecule has 4 heteroatoms. The number of hydrogen-bond acceptors (Lipinski definition) is 4. The van der Waals surface area contributed by atoms with Crippen molar-refractivity contribution in [2.24, 2.45) is 0 Å². The number of hydrogen-bond donors (Lipinski definition) is 1. The Morgan fingerprint density at radius 2 is 2.67 bits per heavy atom. The molecular formula is C5H8N2OS. The molecule has 1 aromatic rings. The molecule has 0 aromatic carbocycles. The van der Waals surface area contributed by atoms with Crippen molar-refractivity contribution in [2.45, 2.75) is 6.61 Å². The molecule has 0 saturated heterocycles. The van der Waals surface area contributed by atoms with E-state index in [2.05, 4.69) is 4.37 Å². The molecule has 0 amide bonds. The highest BCUT2D eigenvalue weighted by Gasteiger charge is 1.95. The van der Waals surface area contributed by atoms with Crippen LogP contribution in [0.3, 0.4) is 0 Å². The fraction of sp³-hybridized carbons (Fsp3) is 0.400. The molecule has 3 nitrogen and oxygen atoms in total. The summed E-state index contributed by atoms with van der Waals surface area (Å²) in [6.07, 6.45) is 0. The Morgan fingerprint density at radius 3 is 3.11 bits per heavy atom. The summed E-state index contributed by atoms with van der Waals surface area (Å²) in [6, 6.07) is 1.81. The molecule has 0 bridgehead atoms. The molecule has 0 saturated carbocycles. The summed E-state index contributed by atoms with van der Waals surface area (Å²) in [4.78, 5) is 0. The fourth-order valence-corrected chi connectivity index (χ4v) is 1.06. The lowest BCUT2D eigenvalue weighted by atomic mass is 10.4. The minimum absolute atomic E-state index is 0.549. The quantitative estimate of drug-likeness (QED) is 0.670. The average molecular weight is 144 g/mol. The van der Waals surface area contributed by atoms with E-state index in [1.807, 2.05) is 6.07 Å². The van der Waals surface area contributed by atoms with Gasteiger partial charge in [-0.05, 0) is 17.6 Å². The van der Waals surface area contributed by atoms with Gasteiger partial charge in [0, 0.05) is 7.11 Å². The van der Waals surface area contributed by atoms with Gasteiger partial charge >= 0.3 is 0 Å². The van der Waals surface area contributed by atoms with Crippen LogP contribution >= 0.6 is 11.5 Å². The number of ether oxygens (including phenoxy) is 1. The second-order valence-electron chi connectivity index (χ2n) is 1.65. The summed E-state index contributed by atoms with van der Waals surface area (Å²) in [7, 11) is 1.63. The Bertz CT molecular complexity index is 187. The monoisotopic (exact) mass is 144 g/mol. The Morgan fingerprint density at radius 1 is 1.89 bits per heavy atom. The van der Waals surface area contributed by atoms with Gasteiger partial charge in [0.2, 0.25) is 0 Å². The van der Waals surface area contributed by atoms with Crippen LogP contribution < -0.4 is 5.73 Å². The predicted octanol–water partition coefficient (Wildman–Crippen LogP) is 0.872. The molecule has 0 aliphatic heterocycles. The number of nitrogen functional groups attached to an aromatic ring is 1. The van der Waals surface area contributed by atoms with Gasteiger partial charge < -0.3 is 10.5 Å². The van der Waals surface area contributed by atoms with Crippen LogP contribution in [-0.2, 0) is 11.3 Å². The second-order valence-corrected chi connectivity index (χ2v) is 2.49. The molecular weight excluding hydrogens is 136 g/mol. The van der Waals surface area contributed by atoms with Crippen molar-refractivity contribution < 1.29 is 4.74 Å². The number of methoxy groups -OCH3 is 1. The smallest absolute Gasteiger partial charge is 0.107 e. The lowest BCUT2D eigenvalue weighted by molar-refractivity contribution is 0.182. The van der Waals surface area contributed by atoms with Crippen molar-refractivity contribution in [3.63, 3.8) is 0 Å². The van der Waals surface area contributed by atoms with Gasteiger partial charge in [-0.3, -0.25) is 0 Å². The van der Waals surface area contributed by atoms with Crippen LogP contribution in [0.4, 0.5) is 5.00 Å². The van der Waals surface area contributed by atoms with Crippen LogP contribution in [0.25, 0.3) is 0 Å². The van der Waals surface area contributed by atoms with Crippen molar-refractivity contribution in [1.29, 1.82) is 0 Å². The van der Waals surface area contributed by atoms with Crippen LogP contribution in [-0.4, -0.2) is 11.5 Å². The van der Waals surface area contributed by atoms with E-state index in [4.69, 9.17) is 10.5 Å². The summed E-state index contributed by atoms with van der Waals surface area (Å²) in [6.45, 7) is 0.549. The van der Waals surface area contributed by atoms with E-state index in [1.165, 1.54) is 11.5 Å². The van der Waals surface area contributed by atoms with E-state index in [9.17, 15) is 0 Å². The lowest BCUT2D eigenvalue weighted by Gasteiger charge is -1.88. The number of anilines is 1. The highest BCUT2D eigenvalue weighted by Crippen LogP contribution is 2.11. The third-order valence-electron chi connectivity index (χ3n) is 0.869. The zero-order chi connectivity index (χ0) is 6.69. The maximum Gasteiger partial charge on any atom is 0.107 e. The molecule has 1 heterocycles. The van der Waals surface area contributed by atoms with Crippen molar-refractivity contribution in [3.05, 3.63) is 11.8 Å². The Labute approximate surface area is 57.6 Å². The Hall–Kier alpha value is -0.610. The van der Waals surface area contributed by atoms with Crippen LogP contribution in [0, 0.1) is 0 Å². The topological polar surface area (TPSA) is 48.1 Å². The van der Waals surface area contributed by atoms with Gasteiger partial charge in [-0.1, -0.05) is 0 Å². The van der Waals surface area contributed by atoms with Gasteiger partial charge in [-0.25, -0.2) is 0 Å². The first-order valence-corrected chi connectivity index (χ1v) is 3.30. The maximum absolute atomic E-state index is 5.41. The first kappa shape index (κ1) is 6.51. The molecule has 0 aliphatic rings. The molecule has 2 N–H and O–H groups in total. The SMILES string of the molecule is COCc1cc(N)sn1. The van der Waals surface area contributed by atoms with E-state index in [1.54, 1.807) is 7.11 Å². The minimum atomic E-state index is 0.549. The predicted molar refractivity (Wildman–Crippen MR) is 37.2 cm³/mol. The van der Waals surface area contributed by atoms with Crippen molar-refractivity contribution in [3.8, 4) is 0 Å². The zero-order valence-corrected chi connectivity index (χ0v) is 5.94. The fourth-order valence-electron chi connectivity index (χ4n) is 0.544. The number of rotatable bonds is 2. The first-order valence-electron chi connectivity index (χ1n) is 2.53. The van der Waals surface area contributed by atoms with E-state index < -0.39 is 0 Å². The summed E-state index contributed by atoms with van der Waals surface area (Å²) >= 11 is 1.29. The second kappa shape index (κ2) is 2.80. The normalized spacial score (nSPS) is 9.89. The zero-order valence-electron chi connectivity index (χ0n) is 5.13. The molecule has 0 aliphatic carbocycles. The highest BCUT2D eigenvalue weighted by molar-refractivity contribution is 7.09. The van der Waals surface area contributed by atoms with Gasteiger partial charge in [0.25, 0.3) is 0 Å². The molecule has 1 rings (SSSR count). The Balaban J connectivity index is 2.61. The van der Waals surface area contributed by atoms with E-state index >= 15 is 0 Å². The minimum Gasteiger partial charge on any atom is -0.389 e. The standard InChI is InChI=1S/C5H8N2OS/c1-8-3-4-2-5(6)9-7-4/h2H,3,6H2,1H3. The lowest BCUT2D eigenvalue weighted by Crippen LogP contribution is -1.85. The number of nitrogens with zero attached hydrogens (tertiary/aromatic N) is 1. The summed E-state index contributed by atoms with van der Waals surface area (Å²) in [5.74, 6) is 0. The van der Waals surface area contributed by atoms with Crippen molar-refractivity contribution in [2.75, 3.05) is 12.8 Å². The molecule has 0 atom stereocenters. The maximum atomic E-state index is 5.41. The van der Waals surface area contributed by atoms with E-state index in [-0.39, 0.29) is 0 Å². The molecule has 9 heavy (non-hydrogen) atoms. The van der Waals surface area contributed by atoms with Gasteiger partial charge in [0.15, 0.2) is 0 Å². The molecule has 0 unspecified atom stereocenters. The van der Waals surface area contributed by atoms with E-state index in [0.29, 0.717) is 6.61 Å². The average Bonchev–Trinajstić information content (AvgIpc) is 2.17. The molecule has 1 aromatic heterocycles. The number of nitrogens with two attached hydrogens (primary N) is 1. The third kappa shape index (κ3) is 1.65. The van der Waals surface area contributed by atoms with Crippen LogP contribution in [0.15, 0.2) is 6.07 Å². The van der Waals surface area contributed by atoms with Gasteiger partial charge in [-0.15, -0.1) is 0 Å². The van der Waals surface area contributed by atoms with Gasteiger partial charge in [0.05, 0.1) is 12.3 Å². The third-order valence-corrected chi connectivity index (χ3v) is 1.52. The van der Waals surface area contributed by atoms with Gasteiger partial charge in [-0.2, -0.15) is 4.37 Å². The molecule has 0 fully saturated rings. The molecule has 0 radical (unpaired) electrons. The molecule has 50 valence electrons. The molecule has 0 spiro atoms. The largest absolute Gasteiger partial charge is 0.389 e. The van der Waals surface area contributed by atoms with Gasteiger partial charge in [0.1, 0.15) is 5.00 Å².